The average molecular weight is 1560 g/mol. The number of aliphatic hydroxyl groups is 11. The fourth-order valence-electron chi connectivity index (χ4n) is 16.2. The van der Waals surface area contributed by atoms with Crippen molar-refractivity contribution in [1.29, 1.82) is 0 Å². The number of nitrogens with one attached hydrogen (secondary N) is 1. The average Bonchev–Trinajstić information content (AvgIpc) is 0.762. The summed E-state index contributed by atoms with van der Waals surface area (Å²) in [6, 6.07) is -0.971. The zero-order valence-electron chi connectivity index (χ0n) is 69.8. The Kier molecular flexibility index (Phi) is 66.0. The van der Waals surface area contributed by atoms with Crippen molar-refractivity contribution in [2.24, 2.45) is 0 Å². The molecule has 1 amide bonds. The van der Waals surface area contributed by atoms with E-state index in [1.54, 1.807) is 6.08 Å². The molecule has 3 fully saturated rings. The third kappa shape index (κ3) is 49.4. The largest absolute Gasteiger partial charge is 0.394 e. The first-order valence-corrected chi connectivity index (χ1v) is 46.4. The molecule has 3 saturated heterocycles. The maximum absolute atomic E-state index is 13.5. The van der Waals surface area contributed by atoms with Crippen LogP contribution in [0.3, 0.4) is 0 Å². The summed E-state index contributed by atoms with van der Waals surface area (Å²) in [4.78, 5) is 13.5. The van der Waals surface area contributed by atoms with E-state index < -0.39 is 124 Å². The first kappa shape index (κ1) is 102. The van der Waals surface area contributed by atoms with Gasteiger partial charge in [-0.05, 0) is 19.3 Å². The first-order chi connectivity index (χ1) is 53.3. The highest BCUT2D eigenvalue weighted by molar-refractivity contribution is 5.76. The molecule has 0 bridgehead atoms. The number of aliphatic hydroxyl groups excluding tert-OH is 11. The van der Waals surface area contributed by atoms with Gasteiger partial charge in [-0.25, -0.2) is 0 Å². The molecule has 17 unspecified atom stereocenters. The molecule has 0 spiro atoms. The topological polar surface area (TPSA) is 307 Å². The van der Waals surface area contributed by atoms with Gasteiger partial charge in [-0.15, -0.1) is 0 Å². The van der Waals surface area contributed by atoms with Gasteiger partial charge in [-0.2, -0.15) is 0 Å². The number of carbonyl (C=O) groups excluding carboxylic acids is 1. The lowest BCUT2D eigenvalue weighted by Crippen LogP contribution is -2.66. The van der Waals surface area contributed by atoms with Crippen LogP contribution in [0.1, 0.15) is 425 Å². The Labute approximate surface area is 665 Å². The number of amides is 1. The normalized spacial score (nSPS) is 25.2. The summed E-state index contributed by atoms with van der Waals surface area (Å²) in [7, 11) is 0. The van der Waals surface area contributed by atoms with Crippen molar-refractivity contribution in [3.63, 3.8) is 0 Å². The van der Waals surface area contributed by atoms with Crippen molar-refractivity contribution in [2.45, 2.75) is 529 Å². The molecule has 0 saturated carbocycles. The number of unbranched alkanes of at least 4 members (excludes halogenated alkanes) is 61. The lowest BCUT2D eigenvalue weighted by molar-refractivity contribution is -0.379. The Morgan fingerprint density at radius 1 is 0.321 bits per heavy atom. The summed E-state index contributed by atoms with van der Waals surface area (Å²) >= 11 is 0. The predicted molar refractivity (Wildman–Crippen MR) is 439 cm³/mol. The number of rotatable bonds is 77. The Morgan fingerprint density at radius 2 is 0.569 bits per heavy atom. The minimum absolute atomic E-state index is 0.251. The zero-order valence-corrected chi connectivity index (χ0v) is 69.8. The van der Waals surface area contributed by atoms with Crippen LogP contribution in [0.15, 0.2) is 12.2 Å². The highest BCUT2D eigenvalue weighted by Crippen LogP contribution is 2.34. The van der Waals surface area contributed by atoms with Gasteiger partial charge >= 0.3 is 0 Å². The monoisotopic (exact) mass is 1560 g/mol. The molecule has 0 aliphatic carbocycles. The van der Waals surface area contributed by atoms with Gasteiger partial charge in [0.05, 0.1) is 38.6 Å². The van der Waals surface area contributed by atoms with E-state index in [1.165, 1.54) is 353 Å². The van der Waals surface area contributed by atoms with Crippen molar-refractivity contribution in [3.8, 4) is 0 Å². The SMILES string of the molecule is CCCCCCCCCCCCCCCCCCCCCCCC/C=C/C(O)C(COC1OC(CO)C(OC2OC(CO)C(OC3OC(CO)C(O)C(O)C3O)C(O)C2O)C(O)C1O)NC(=O)CCCCCCCCCCCCCCCCCCCCCCCCCCCCCCCCCCCCCCCCCC. The molecule has 19 heteroatoms. The van der Waals surface area contributed by atoms with E-state index in [4.69, 9.17) is 28.4 Å². The van der Waals surface area contributed by atoms with Gasteiger partial charge in [0.1, 0.15) is 73.2 Å². The van der Waals surface area contributed by atoms with E-state index in [2.05, 4.69) is 19.2 Å². The smallest absolute Gasteiger partial charge is 0.220 e. The second-order valence-electron chi connectivity index (χ2n) is 33.5. The van der Waals surface area contributed by atoms with Crippen LogP contribution in [0, 0.1) is 0 Å². The van der Waals surface area contributed by atoms with Crippen LogP contribution >= 0.6 is 0 Å². The molecule has 109 heavy (non-hydrogen) atoms. The molecule has 0 radical (unpaired) electrons. The second-order valence-corrected chi connectivity index (χ2v) is 33.5. The summed E-state index contributed by atoms with van der Waals surface area (Å²) in [5.74, 6) is -0.264. The van der Waals surface area contributed by atoms with Crippen LogP contribution in [0.5, 0.6) is 0 Å². The van der Waals surface area contributed by atoms with E-state index in [0.29, 0.717) is 6.42 Å². The number of ether oxygens (including phenoxy) is 6. The minimum Gasteiger partial charge on any atom is -0.394 e. The van der Waals surface area contributed by atoms with Crippen molar-refractivity contribution in [3.05, 3.63) is 12.2 Å². The number of hydrogen-bond acceptors (Lipinski definition) is 18. The molecule has 646 valence electrons. The molecule has 3 aliphatic heterocycles. The Bertz CT molecular complexity index is 2010. The van der Waals surface area contributed by atoms with Gasteiger partial charge in [-0.3, -0.25) is 4.79 Å². The van der Waals surface area contributed by atoms with Crippen LogP contribution in [-0.2, 0) is 33.2 Å². The fraction of sp³-hybridized carbons (Fsp3) is 0.967. The van der Waals surface area contributed by atoms with E-state index >= 15 is 0 Å². The summed E-state index contributed by atoms with van der Waals surface area (Å²) in [6.45, 7) is 1.82. The molecule has 0 aromatic rings. The Hall–Kier alpha value is -1.47. The van der Waals surface area contributed by atoms with Gasteiger partial charge < -0.3 is 89.9 Å². The van der Waals surface area contributed by atoms with Crippen molar-refractivity contribution in [2.75, 3.05) is 26.4 Å². The van der Waals surface area contributed by atoms with E-state index in [1.807, 2.05) is 6.08 Å². The third-order valence-corrected chi connectivity index (χ3v) is 23.6. The van der Waals surface area contributed by atoms with Crippen LogP contribution in [0.2, 0.25) is 0 Å². The van der Waals surface area contributed by atoms with Crippen LogP contribution in [0.4, 0.5) is 0 Å². The van der Waals surface area contributed by atoms with Crippen molar-refractivity contribution >= 4 is 5.91 Å². The lowest BCUT2D eigenvalue weighted by atomic mass is 9.96. The van der Waals surface area contributed by atoms with Crippen molar-refractivity contribution < 1.29 is 89.4 Å². The molecule has 17 atom stereocenters. The van der Waals surface area contributed by atoms with Gasteiger partial charge in [0.2, 0.25) is 5.91 Å². The maximum Gasteiger partial charge on any atom is 0.220 e. The maximum atomic E-state index is 13.5. The molecular weight excluding hydrogens is 1380 g/mol. The second kappa shape index (κ2) is 70.7. The Balaban J connectivity index is 1.29. The fourth-order valence-corrected chi connectivity index (χ4v) is 16.2. The molecule has 3 heterocycles. The molecule has 0 aromatic heterocycles. The Morgan fingerprint density at radius 3 is 0.862 bits per heavy atom. The summed E-state index contributed by atoms with van der Waals surface area (Å²) < 4.78 is 34.5. The van der Waals surface area contributed by atoms with E-state index in [9.17, 15) is 61.0 Å². The molecule has 3 rings (SSSR count). The molecule has 12 N–H and O–H groups in total. The predicted octanol–water partition coefficient (Wildman–Crippen LogP) is 17.9. The molecule has 19 nitrogen and oxygen atoms in total. The van der Waals surface area contributed by atoms with Crippen molar-refractivity contribution in [1.82, 2.24) is 5.32 Å². The lowest BCUT2D eigenvalue weighted by Gasteiger charge is -2.48. The minimum atomic E-state index is -1.98. The highest BCUT2D eigenvalue weighted by Gasteiger charge is 2.54. The van der Waals surface area contributed by atoms with Crippen LogP contribution in [-0.4, -0.2) is 193 Å². The van der Waals surface area contributed by atoms with Crippen LogP contribution in [0.25, 0.3) is 0 Å². The quantitative estimate of drug-likeness (QED) is 0.0199. The zero-order chi connectivity index (χ0) is 78.8. The first-order valence-electron chi connectivity index (χ1n) is 46.4. The number of hydrogen-bond donors (Lipinski definition) is 12. The van der Waals surface area contributed by atoms with Gasteiger partial charge in [0.25, 0.3) is 0 Å². The van der Waals surface area contributed by atoms with E-state index in [0.717, 1.165) is 44.9 Å². The van der Waals surface area contributed by atoms with E-state index in [-0.39, 0.29) is 18.9 Å². The van der Waals surface area contributed by atoms with Gasteiger partial charge in [0.15, 0.2) is 18.9 Å². The standard InChI is InChI=1S/C90H173NO18/c1-3-5-7-9-11-13-15-17-19-21-23-25-27-29-30-31-32-33-34-35-36-37-38-39-40-41-42-43-44-46-48-50-52-54-56-58-60-62-64-66-68-78(96)91-73(74(95)67-65-63-61-59-57-55-53-51-49-47-45-28-26-24-22-20-18-16-14-12-10-8-6-4-2)72-104-88-84(102)81(99)86(76(70-93)106-88)109-90-85(103)82(100)87(77(71-94)107-90)108-89-83(101)80(98)79(97)75(69-92)105-89/h65,67,73-77,79-90,92-95,97-103H,3-64,66,68-72H2,1-2H3,(H,91,96)/b67-65+. The number of carbonyl (C=O) groups is 1. The molecule has 0 aromatic carbocycles. The van der Waals surface area contributed by atoms with Gasteiger partial charge in [-0.1, -0.05) is 411 Å². The van der Waals surface area contributed by atoms with Crippen LogP contribution < -0.4 is 5.32 Å². The summed E-state index contributed by atoms with van der Waals surface area (Å²) in [6.07, 6.45) is 61.0. The summed E-state index contributed by atoms with van der Waals surface area (Å²) in [5.41, 5.74) is 0. The summed E-state index contributed by atoms with van der Waals surface area (Å²) in [5, 5.41) is 121. The third-order valence-electron chi connectivity index (χ3n) is 23.6. The molecular formula is C90H173NO18. The van der Waals surface area contributed by atoms with Gasteiger partial charge in [0, 0.05) is 6.42 Å². The number of allylic oxidation sites excluding steroid dienone is 1. The molecule has 3 aliphatic rings. The highest BCUT2D eigenvalue weighted by atomic mass is 16.8.